The van der Waals surface area contributed by atoms with Gasteiger partial charge in [-0.2, -0.15) is 5.10 Å². The summed E-state index contributed by atoms with van der Waals surface area (Å²) in [6, 6.07) is 5.77. The molecule has 0 aliphatic rings. The highest BCUT2D eigenvalue weighted by molar-refractivity contribution is 6.30. The summed E-state index contributed by atoms with van der Waals surface area (Å²) in [6.45, 7) is 2.04. The van der Waals surface area contributed by atoms with Crippen LogP contribution in [-0.2, 0) is 7.05 Å². The largest absolute Gasteiger partial charge is 0.353 e. The fraction of sp³-hybridized carbons (Fsp3) is 0.182. The molecule has 1 heterocycles. The Hall–Kier alpha value is -1.48. The molecule has 2 rings (SSSR count). The SMILES string of the molecule is Cc1ccc(Cl)cc1Nc1cnn(C)c1. The van der Waals surface area contributed by atoms with Gasteiger partial charge < -0.3 is 5.32 Å². The predicted molar refractivity (Wildman–Crippen MR) is 62.7 cm³/mol. The number of nitrogens with zero attached hydrogens (tertiary/aromatic N) is 2. The van der Waals surface area contributed by atoms with Crippen molar-refractivity contribution in [1.29, 1.82) is 0 Å². The number of aromatic nitrogens is 2. The Morgan fingerprint density at radius 2 is 2.20 bits per heavy atom. The van der Waals surface area contributed by atoms with Crippen molar-refractivity contribution in [3.63, 3.8) is 0 Å². The molecule has 0 fully saturated rings. The van der Waals surface area contributed by atoms with Gasteiger partial charge in [-0.15, -0.1) is 0 Å². The van der Waals surface area contributed by atoms with Crippen molar-refractivity contribution in [2.45, 2.75) is 6.92 Å². The van der Waals surface area contributed by atoms with Gasteiger partial charge in [0.15, 0.2) is 0 Å². The van der Waals surface area contributed by atoms with Gasteiger partial charge in [-0.1, -0.05) is 17.7 Å². The molecule has 0 amide bonds. The first-order chi connectivity index (χ1) is 7.15. The molecule has 2 aromatic rings. The highest BCUT2D eigenvalue weighted by atomic mass is 35.5. The molecule has 0 unspecified atom stereocenters. The van der Waals surface area contributed by atoms with Gasteiger partial charge in [-0.05, 0) is 24.6 Å². The Morgan fingerprint density at radius 3 is 2.87 bits per heavy atom. The maximum Gasteiger partial charge on any atom is 0.0770 e. The Morgan fingerprint density at radius 1 is 1.40 bits per heavy atom. The normalized spacial score (nSPS) is 10.3. The minimum atomic E-state index is 0.729. The summed E-state index contributed by atoms with van der Waals surface area (Å²) in [5.41, 5.74) is 3.13. The second kappa shape index (κ2) is 3.95. The maximum atomic E-state index is 5.93. The minimum Gasteiger partial charge on any atom is -0.353 e. The van der Waals surface area contributed by atoms with E-state index in [-0.39, 0.29) is 0 Å². The Balaban J connectivity index is 2.27. The zero-order chi connectivity index (χ0) is 10.8. The first-order valence-electron chi connectivity index (χ1n) is 4.67. The lowest BCUT2D eigenvalue weighted by Crippen LogP contribution is -1.91. The molecule has 0 saturated carbocycles. The van der Waals surface area contributed by atoms with Crippen LogP contribution < -0.4 is 5.32 Å². The van der Waals surface area contributed by atoms with Gasteiger partial charge in [0.1, 0.15) is 0 Å². The van der Waals surface area contributed by atoms with Crippen molar-refractivity contribution >= 4 is 23.0 Å². The molecule has 78 valence electrons. The summed E-state index contributed by atoms with van der Waals surface area (Å²) in [5, 5.41) is 8.08. The summed E-state index contributed by atoms with van der Waals surface area (Å²) < 4.78 is 1.75. The van der Waals surface area contributed by atoms with E-state index in [4.69, 9.17) is 11.6 Å². The van der Waals surface area contributed by atoms with Crippen LogP contribution in [0.25, 0.3) is 0 Å². The highest BCUT2D eigenvalue weighted by Gasteiger charge is 2.01. The molecule has 0 aliphatic carbocycles. The van der Waals surface area contributed by atoms with E-state index in [0.717, 1.165) is 22.0 Å². The third kappa shape index (κ3) is 2.30. The Bertz CT molecular complexity index is 476. The number of hydrogen-bond acceptors (Lipinski definition) is 2. The molecule has 0 radical (unpaired) electrons. The lowest BCUT2D eigenvalue weighted by atomic mass is 10.2. The lowest BCUT2D eigenvalue weighted by molar-refractivity contribution is 0.768. The first kappa shape index (κ1) is 10.1. The Labute approximate surface area is 93.7 Å². The van der Waals surface area contributed by atoms with Crippen molar-refractivity contribution in [2.75, 3.05) is 5.32 Å². The molecule has 0 saturated heterocycles. The lowest BCUT2D eigenvalue weighted by Gasteiger charge is -2.07. The average molecular weight is 222 g/mol. The average Bonchev–Trinajstić information content (AvgIpc) is 2.58. The molecule has 1 aromatic heterocycles. The molecular weight excluding hydrogens is 210 g/mol. The fourth-order valence-electron chi connectivity index (χ4n) is 1.37. The zero-order valence-corrected chi connectivity index (χ0v) is 9.42. The van der Waals surface area contributed by atoms with Crippen LogP contribution in [0.1, 0.15) is 5.56 Å². The predicted octanol–water partition coefficient (Wildman–Crippen LogP) is 3.13. The molecule has 0 aliphatic heterocycles. The van der Waals surface area contributed by atoms with Crippen LogP contribution in [0, 0.1) is 6.92 Å². The van der Waals surface area contributed by atoms with E-state index in [1.165, 1.54) is 0 Å². The molecule has 4 heteroatoms. The molecule has 15 heavy (non-hydrogen) atoms. The van der Waals surface area contributed by atoms with Gasteiger partial charge in [0, 0.05) is 24.0 Å². The van der Waals surface area contributed by atoms with Gasteiger partial charge >= 0.3 is 0 Å². The summed E-state index contributed by atoms with van der Waals surface area (Å²) in [4.78, 5) is 0. The van der Waals surface area contributed by atoms with Crippen molar-refractivity contribution in [2.24, 2.45) is 7.05 Å². The summed E-state index contributed by atoms with van der Waals surface area (Å²) in [7, 11) is 1.88. The van der Waals surface area contributed by atoms with Crippen molar-refractivity contribution in [1.82, 2.24) is 9.78 Å². The second-order valence-electron chi connectivity index (χ2n) is 3.49. The zero-order valence-electron chi connectivity index (χ0n) is 8.66. The van der Waals surface area contributed by atoms with E-state index >= 15 is 0 Å². The maximum absolute atomic E-state index is 5.93. The number of benzene rings is 1. The van der Waals surface area contributed by atoms with Crippen LogP contribution in [0.2, 0.25) is 5.02 Å². The Kier molecular flexibility index (Phi) is 2.64. The van der Waals surface area contributed by atoms with E-state index < -0.39 is 0 Å². The van der Waals surface area contributed by atoms with E-state index in [9.17, 15) is 0 Å². The van der Waals surface area contributed by atoms with Crippen LogP contribution in [0.15, 0.2) is 30.6 Å². The van der Waals surface area contributed by atoms with Gasteiger partial charge in [-0.3, -0.25) is 4.68 Å². The van der Waals surface area contributed by atoms with E-state index in [0.29, 0.717) is 0 Å². The summed E-state index contributed by atoms with van der Waals surface area (Å²) in [5.74, 6) is 0. The molecule has 1 N–H and O–H groups in total. The standard InChI is InChI=1S/C11H12ClN3/c1-8-3-4-9(12)5-11(8)14-10-6-13-15(2)7-10/h3-7,14H,1-2H3. The number of aryl methyl sites for hydroxylation is 2. The van der Waals surface area contributed by atoms with Crippen molar-refractivity contribution in [3.8, 4) is 0 Å². The molecule has 1 aromatic carbocycles. The topological polar surface area (TPSA) is 29.9 Å². The van der Waals surface area contributed by atoms with Crippen LogP contribution in [0.4, 0.5) is 11.4 Å². The molecule has 0 atom stereocenters. The molecule has 3 nitrogen and oxygen atoms in total. The monoisotopic (exact) mass is 221 g/mol. The molecule has 0 bridgehead atoms. The van der Waals surface area contributed by atoms with Crippen molar-refractivity contribution < 1.29 is 0 Å². The quantitative estimate of drug-likeness (QED) is 0.845. The number of nitrogens with one attached hydrogen (secondary N) is 1. The van der Waals surface area contributed by atoms with E-state index in [1.807, 2.05) is 38.4 Å². The highest BCUT2D eigenvalue weighted by Crippen LogP contribution is 2.23. The van der Waals surface area contributed by atoms with Gasteiger partial charge in [0.2, 0.25) is 0 Å². The number of hydrogen-bond donors (Lipinski definition) is 1. The smallest absolute Gasteiger partial charge is 0.0770 e. The van der Waals surface area contributed by atoms with Gasteiger partial charge in [-0.25, -0.2) is 0 Å². The summed E-state index contributed by atoms with van der Waals surface area (Å²) in [6.07, 6.45) is 3.70. The minimum absolute atomic E-state index is 0.729. The van der Waals surface area contributed by atoms with E-state index in [1.54, 1.807) is 10.9 Å². The third-order valence-corrected chi connectivity index (χ3v) is 2.42. The van der Waals surface area contributed by atoms with Crippen molar-refractivity contribution in [3.05, 3.63) is 41.2 Å². The van der Waals surface area contributed by atoms with Gasteiger partial charge in [0.25, 0.3) is 0 Å². The first-order valence-corrected chi connectivity index (χ1v) is 5.05. The number of halogens is 1. The second-order valence-corrected chi connectivity index (χ2v) is 3.92. The van der Waals surface area contributed by atoms with Crippen LogP contribution >= 0.6 is 11.6 Å². The number of rotatable bonds is 2. The molecular formula is C11H12ClN3. The van der Waals surface area contributed by atoms with Gasteiger partial charge in [0.05, 0.1) is 11.9 Å². The molecule has 0 spiro atoms. The van der Waals surface area contributed by atoms with Crippen LogP contribution in [0.3, 0.4) is 0 Å². The number of anilines is 2. The summed E-state index contributed by atoms with van der Waals surface area (Å²) >= 11 is 5.93. The fourth-order valence-corrected chi connectivity index (χ4v) is 1.54. The van der Waals surface area contributed by atoms with Crippen LogP contribution in [-0.4, -0.2) is 9.78 Å². The third-order valence-electron chi connectivity index (χ3n) is 2.18. The van der Waals surface area contributed by atoms with E-state index in [2.05, 4.69) is 10.4 Å². The van der Waals surface area contributed by atoms with Crippen LogP contribution in [0.5, 0.6) is 0 Å².